The van der Waals surface area contributed by atoms with Crippen LogP contribution < -0.4 is 9.80 Å². The molecule has 278 valence electrons. The molecule has 11 rings (SSSR count). The largest absolute Gasteiger partial charge is 0.310 e. The molecule has 0 aliphatic carbocycles. The van der Waals surface area contributed by atoms with Gasteiger partial charge in [0.15, 0.2) is 0 Å². The molecule has 3 heterocycles. The molecule has 1 aromatic heterocycles. The molecule has 0 radical (unpaired) electrons. The van der Waals surface area contributed by atoms with Gasteiger partial charge < -0.3 is 9.80 Å². The Labute approximate surface area is 340 Å². The second kappa shape index (κ2) is 12.8. The average Bonchev–Trinajstić information content (AvgIpc) is 3.26. The van der Waals surface area contributed by atoms with E-state index >= 15 is 0 Å². The Morgan fingerprint density at radius 1 is 0.362 bits per heavy atom. The molecule has 3 heteroatoms. The maximum Gasteiger partial charge on any atom is 0.0508 e. The molecule has 8 aromatic carbocycles. The number of benzene rings is 8. The molecule has 58 heavy (non-hydrogen) atoms. The third-order valence-corrected chi connectivity index (χ3v) is 12.9. The zero-order chi connectivity index (χ0) is 39.2. The normalized spacial score (nSPS) is 14.8. The summed E-state index contributed by atoms with van der Waals surface area (Å²) >= 11 is 0. The minimum Gasteiger partial charge on any atom is -0.310 e. The standard InChI is InChI=1S/C55H43N3/c1-54(2)44-23-13-15-25-48(44)57(38-17-7-5-8-18-38)50-33-36(27-29-46(50)54)52-40-21-11-12-22-41(40)53(43-35-56-32-31-42(43)52)37-28-30-47-51(34-37)58(39-19-9-6-10-20-39)49-26-16-14-24-45(49)55(47,3)4/h5-35H,1-4H3. The Bertz CT molecular complexity index is 2810. The molecule has 0 saturated carbocycles. The van der Waals surface area contributed by atoms with E-state index in [2.05, 4.69) is 220 Å². The predicted octanol–water partition coefficient (Wildman–Crippen LogP) is 14.9. The van der Waals surface area contributed by atoms with Crippen LogP contribution in [0.5, 0.6) is 0 Å². The Balaban J connectivity index is 1.16. The van der Waals surface area contributed by atoms with Gasteiger partial charge in [-0.25, -0.2) is 0 Å². The first-order valence-electron chi connectivity index (χ1n) is 20.3. The van der Waals surface area contributed by atoms with Crippen LogP contribution >= 0.6 is 0 Å². The van der Waals surface area contributed by atoms with Crippen molar-refractivity contribution in [3.63, 3.8) is 0 Å². The van der Waals surface area contributed by atoms with Gasteiger partial charge in [-0.3, -0.25) is 4.98 Å². The van der Waals surface area contributed by atoms with Gasteiger partial charge in [-0.15, -0.1) is 0 Å². The molecule has 9 aromatic rings. The molecule has 0 bridgehead atoms. The zero-order valence-corrected chi connectivity index (χ0v) is 33.2. The Hall–Kier alpha value is -6.97. The Kier molecular flexibility index (Phi) is 7.55. The van der Waals surface area contributed by atoms with Crippen LogP contribution in [-0.4, -0.2) is 4.98 Å². The number of aromatic nitrogens is 1. The summed E-state index contributed by atoms with van der Waals surface area (Å²) in [4.78, 5) is 9.69. The van der Waals surface area contributed by atoms with Crippen molar-refractivity contribution in [3.05, 3.63) is 211 Å². The minimum absolute atomic E-state index is 0.178. The van der Waals surface area contributed by atoms with Crippen molar-refractivity contribution in [1.29, 1.82) is 0 Å². The van der Waals surface area contributed by atoms with Crippen molar-refractivity contribution >= 4 is 55.7 Å². The third kappa shape index (κ3) is 4.96. The Morgan fingerprint density at radius 3 is 1.26 bits per heavy atom. The molecule has 0 saturated heterocycles. The van der Waals surface area contributed by atoms with Gasteiger partial charge in [0.05, 0.1) is 22.7 Å². The lowest BCUT2D eigenvalue weighted by atomic mass is 9.72. The van der Waals surface area contributed by atoms with Crippen molar-refractivity contribution in [3.8, 4) is 22.3 Å². The van der Waals surface area contributed by atoms with E-state index in [4.69, 9.17) is 4.98 Å². The summed E-state index contributed by atoms with van der Waals surface area (Å²) in [5.74, 6) is 0. The first-order valence-corrected chi connectivity index (χ1v) is 20.3. The SMILES string of the molecule is CC1(C)c2ccccc2N(c2ccccc2)c2cc(-c3c4ccccc4c(-c4ccc5c(c4)N(c4ccccc4)c4ccccc4C5(C)C)c4cnccc34)ccc21. The summed E-state index contributed by atoms with van der Waals surface area (Å²) in [6.45, 7) is 9.42. The van der Waals surface area contributed by atoms with Crippen LogP contribution in [0.3, 0.4) is 0 Å². The van der Waals surface area contributed by atoms with Gasteiger partial charge in [-0.2, -0.15) is 0 Å². The van der Waals surface area contributed by atoms with E-state index in [1.165, 1.54) is 83.4 Å². The number of para-hydroxylation sites is 4. The number of anilines is 6. The molecule has 2 aliphatic rings. The number of rotatable bonds is 4. The number of hydrogen-bond acceptors (Lipinski definition) is 3. The highest BCUT2D eigenvalue weighted by molar-refractivity contribution is 6.21. The lowest BCUT2D eigenvalue weighted by molar-refractivity contribution is 0.632. The smallest absolute Gasteiger partial charge is 0.0508 e. The predicted molar refractivity (Wildman–Crippen MR) is 244 cm³/mol. The first kappa shape index (κ1) is 34.3. The molecular formula is C55H43N3. The maximum absolute atomic E-state index is 4.79. The molecule has 0 amide bonds. The van der Waals surface area contributed by atoms with Gasteiger partial charge in [-0.05, 0) is 115 Å². The number of fused-ring (bicyclic) bond motifs is 6. The van der Waals surface area contributed by atoms with Crippen LogP contribution in [-0.2, 0) is 10.8 Å². The van der Waals surface area contributed by atoms with E-state index in [0.29, 0.717) is 0 Å². The first-order chi connectivity index (χ1) is 28.3. The van der Waals surface area contributed by atoms with Crippen LogP contribution in [0.15, 0.2) is 188 Å². The van der Waals surface area contributed by atoms with E-state index in [-0.39, 0.29) is 10.8 Å². The molecule has 0 unspecified atom stereocenters. The van der Waals surface area contributed by atoms with Gasteiger partial charge in [0.1, 0.15) is 0 Å². The fourth-order valence-corrected chi connectivity index (χ4v) is 10.1. The number of nitrogens with zero attached hydrogens (tertiary/aromatic N) is 3. The maximum atomic E-state index is 4.79. The fraction of sp³-hybridized carbons (Fsp3) is 0.109. The van der Waals surface area contributed by atoms with Gasteiger partial charge >= 0.3 is 0 Å². The third-order valence-electron chi connectivity index (χ3n) is 12.9. The van der Waals surface area contributed by atoms with E-state index in [0.717, 1.165) is 16.8 Å². The van der Waals surface area contributed by atoms with Crippen molar-refractivity contribution in [1.82, 2.24) is 4.98 Å². The Morgan fingerprint density at radius 2 is 0.759 bits per heavy atom. The van der Waals surface area contributed by atoms with Crippen LogP contribution in [0.1, 0.15) is 49.9 Å². The van der Waals surface area contributed by atoms with Crippen molar-refractivity contribution in [2.75, 3.05) is 9.80 Å². The van der Waals surface area contributed by atoms with Gasteiger partial charge in [-0.1, -0.05) is 149 Å². The van der Waals surface area contributed by atoms with Crippen molar-refractivity contribution in [2.45, 2.75) is 38.5 Å². The van der Waals surface area contributed by atoms with E-state index in [9.17, 15) is 0 Å². The average molecular weight is 746 g/mol. The molecular weight excluding hydrogens is 703 g/mol. The second-order valence-corrected chi connectivity index (χ2v) is 16.8. The van der Waals surface area contributed by atoms with Crippen LogP contribution in [0, 0.1) is 0 Å². The quantitative estimate of drug-likeness (QED) is 0.167. The minimum atomic E-state index is -0.180. The molecule has 3 nitrogen and oxygen atoms in total. The highest BCUT2D eigenvalue weighted by Crippen LogP contribution is 2.55. The molecule has 0 N–H and O–H groups in total. The summed E-state index contributed by atoms with van der Waals surface area (Å²) in [7, 11) is 0. The highest BCUT2D eigenvalue weighted by atomic mass is 15.2. The summed E-state index contributed by atoms with van der Waals surface area (Å²) < 4.78 is 0. The lowest BCUT2D eigenvalue weighted by Crippen LogP contribution is -2.30. The van der Waals surface area contributed by atoms with E-state index in [1.807, 2.05) is 6.20 Å². The zero-order valence-electron chi connectivity index (χ0n) is 33.2. The number of pyridine rings is 1. The second-order valence-electron chi connectivity index (χ2n) is 16.8. The topological polar surface area (TPSA) is 19.4 Å². The molecule has 2 aliphatic heterocycles. The molecule has 0 fully saturated rings. The summed E-state index contributed by atoms with van der Waals surface area (Å²) in [6, 6.07) is 64.7. The van der Waals surface area contributed by atoms with Crippen LogP contribution in [0.4, 0.5) is 34.1 Å². The van der Waals surface area contributed by atoms with E-state index in [1.54, 1.807) is 0 Å². The van der Waals surface area contributed by atoms with Crippen molar-refractivity contribution < 1.29 is 0 Å². The lowest BCUT2D eigenvalue weighted by Gasteiger charge is -2.42. The monoisotopic (exact) mass is 745 g/mol. The molecule has 0 atom stereocenters. The van der Waals surface area contributed by atoms with Crippen LogP contribution in [0.2, 0.25) is 0 Å². The van der Waals surface area contributed by atoms with Gasteiger partial charge in [0.25, 0.3) is 0 Å². The molecule has 0 spiro atoms. The summed E-state index contributed by atoms with van der Waals surface area (Å²) in [6.07, 6.45) is 4.02. The van der Waals surface area contributed by atoms with Gasteiger partial charge in [0.2, 0.25) is 0 Å². The van der Waals surface area contributed by atoms with Crippen molar-refractivity contribution in [2.24, 2.45) is 0 Å². The number of hydrogen-bond donors (Lipinski definition) is 0. The highest BCUT2D eigenvalue weighted by Gasteiger charge is 2.38. The van der Waals surface area contributed by atoms with Gasteiger partial charge in [0, 0.05) is 40.0 Å². The summed E-state index contributed by atoms with van der Waals surface area (Å²) in [5, 5.41) is 4.76. The fourth-order valence-electron chi connectivity index (χ4n) is 10.1. The van der Waals surface area contributed by atoms with E-state index < -0.39 is 0 Å². The van der Waals surface area contributed by atoms with Crippen LogP contribution in [0.25, 0.3) is 43.8 Å². The summed E-state index contributed by atoms with van der Waals surface area (Å²) in [5.41, 5.74) is 16.9.